The molecule has 0 spiro atoms. The first-order valence-electron chi connectivity index (χ1n) is 6.50. The highest BCUT2D eigenvalue weighted by molar-refractivity contribution is 5.95. The molecule has 2 N–H and O–H groups in total. The molecule has 1 unspecified atom stereocenters. The van der Waals surface area contributed by atoms with Crippen LogP contribution in [0.25, 0.3) is 0 Å². The molecule has 1 aromatic carbocycles. The Bertz CT molecular complexity index is 568. The second kappa shape index (κ2) is 6.83. The van der Waals surface area contributed by atoms with Gasteiger partial charge in [-0.1, -0.05) is 13.8 Å². The number of nitro groups is 1. The third-order valence-corrected chi connectivity index (χ3v) is 3.17. The van der Waals surface area contributed by atoms with Crippen molar-refractivity contribution >= 4 is 17.6 Å². The number of aryl methyl sites for hydroxylation is 1. The van der Waals surface area contributed by atoms with E-state index in [1.807, 2.05) is 13.8 Å². The SMILES string of the molecule is Cc1cc(C(=O)NC(CC(=O)O)C(C)C)ccc1[N+](=O)[O-]. The zero-order valence-electron chi connectivity index (χ0n) is 12.1. The van der Waals surface area contributed by atoms with Crippen LogP contribution in [0.1, 0.15) is 36.2 Å². The zero-order valence-corrected chi connectivity index (χ0v) is 12.1. The number of carboxylic acids is 1. The summed E-state index contributed by atoms with van der Waals surface area (Å²) in [7, 11) is 0. The molecule has 1 rings (SSSR count). The maximum Gasteiger partial charge on any atom is 0.305 e. The van der Waals surface area contributed by atoms with Gasteiger partial charge in [-0.25, -0.2) is 0 Å². The van der Waals surface area contributed by atoms with Gasteiger partial charge in [-0.05, 0) is 25.0 Å². The molecule has 0 radical (unpaired) electrons. The summed E-state index contributed by atoms with van der Waals surface area (Å²) in [4.78, 5) is 33.1. The number of carbonyl (C=O) groups excluding carboxylic acids is 1. The molecule has 0 heterocycles. The van der Waals surface area contributed by atoms with Crippen LogP contribution >= 0.6 is 0 Å². The largest absolute Gasteiger partial charge is 0.481 e. The number of hydrogen-bond acceptors (Lipinski definition) is 4. The molecule has 7 nitrogen and oxygen atoms in total. The Morgan fingerprint density at radius 2 is 2.00 bits per heavy atom. The number of amides is 1. The van der Waals surface area contributed by atoms with E-state index in [2.05, 4.69) is 5.32 Å². The third-order valence-electron chi connectivity index (χ3n) is 3.17. The van der Waals surface area contributed by atoms with Crippen molar-refractivity contribution in [1.29, 1.82) is 0 Å². The molecule has 114 valence electrons. The van der Waals surface area contributed by atoms with Gasteiger partial charge in [0.1, 0.15) is 0 Å². The Morgan fingerprint density at radius 3 is 2.43 bits per heavy atom. The van der Waals surface area contributed by atoms with Gasteiger partial charge in [-0.15, -0.1) is 0 Å². The normalized spacial score (nSPS) is 12.0. The predicted octanol–water partition coefficient (Wildman–Crippen LogP) is 2.13. The van der Waals surface area contributed by atoms with Gasteiger partial charge in [-0.2, -0.15) is 0 Å². The lowest BCUT2D eigenvalue weighted by molar-refractivity contribution is -0.385. The van der Waals surface area contributed by atoms with E-state index in [9.17, 15) is 19.7 Å². The van der Waals surface area contributed by atoms with Crippen molar-refractivity contribution < 1.29 is 19.6 Å². The van der Waals surface area contributed by atoms with Crippen LogP contribution in [0, 0.1) is 23.0 Å². The van der Waals surface area contributed by atoms with Gasteiger partial charge in [0, 0.05) is 23.2 Å². The van der Waals surface area contributed by atoms with E-state index in [0.717, 1.165) is 0 Å². The van der Waals surface area contributed by atoms with Crippen molar-refractivity contribution in [2.24, 2.45) is 5.92 Å². The summed E-state index contributed by atoms with van der Waals surface area (Å²) in [5.41, 5.74) is 0.596. The predicted molar refractivity (Wildman–Crippen MR) is 76.2 cm³/mol. The van der Waals surface area contributed by atoms with Gasteiger partial charge in [-0.3, -0.25) is 19.7 Å². The quantitative estimate of drug-likeness (QED) is 0.617. The summed E-state index contributed by atoms with van der Waals surface area (Å²) in [5, 5.41) is 22.2. The maximum atomic E-state index is 12.1. The van der Waals surface area contributed by atoms with E-state index in [0.29, 0.717) is 5.56 Å². The highest BCUT2D eigenvalue weighted by Gasteiger charge is 2.21. The Hall–Kier alpha value is -2.44. The lowest BCUT2D eigenvalue weighted by Crippen LogP contribution is -2.40. The summed E-state index contributed by atoms with van der Waals surface area (Å²) in [5.74, 6) is -1.47. The molecule has 1 aromatic rings. The molecule has 0 saturated heterocycles. The summed E-state index contributed by atoms with van der Waals surface area (Å²) in [6.45, 7) is 5.18. The fourth-order valence-electron chi connectivity index (χ4n) is 1.89. The molecule has 0 bridgehead atoms. The molecule has 0 saturated carbocycles. The fourth-order valence-corrected chi connectivity index (χ4v) is 1.89. The molecule has 0 fully saturated rings. The van der Waals surface area contributed by atoms with E-state index in [-0.39, 0.29) is 23.6 Å². The van der Waals surface area contributed by atoms with Crippen LogP contribution in [0.15, 0.2) is 18.2 Å². The average Bonchev–Trinajstić information content (AvgIpc) is 2.36. The summed E-state index contributed by atoms with van der Waals surface area (Å²) in [6.07, 6.45) is -0.171. The molecular formula is C14H18N2O5. The monoisotopic (exact) mass is 294 g/mol. The van der Waals surface area contributed by atoms with Crippen molar-refractivity contribution in [3.63, 3.8) is 0 Å². The number of benzene rings is 1. The highest BCUT2D eigenvalue weighted by atomic mass is 16.6. The molecule has 7 heteroatoms. The van der Waals surface area contributed by atoms with Crippen LogP contribution < -0.4 is 5.32 Å². The van der Waals surface area contributed by atoms with Crippen molar-refractivity contribution in [1.82, 2.24) is 5.32 Å². The zero-order chi connectivity index (χ0) is 16.2. The van der Waals surface area contributed by atoms with Gasteiger partial charge in [0.25, 0.3) is 11.6 Å². The standard InChI is InChI=1S/C14H18N2O5/c1-8(2)11(7-13(17)18)15-14(19)10-4-5-12(16(20)21)9(3)6-10/h4-6,8,11H,7H2,1-3H3,(H,15,19)(H,17,18). The third kappa shape index (κ3) is 4.55. The van der Waals surface area contributed by atoms with Crippen LogP contribution in [-0.4, -0.2) is 27.9 Å². The van der Waals surface area contributed by atoms with Crippen molar-refractivity contribution in [2.45, 2.75) is 33.2 Å². The van der Waals surface area contributed by atoms with Crippen LogP contribution in [0.2, 0.25) is 0 Å². The second-order valence-corrected chi connectivity index (χ2v) is 5.18. The summed E-state index contributed by atoms with van der Waals surface area (Å²) < 4.78 is 0. The van der Waals surface area contributed by atoms with Gasteiger partial charge < -0.3 is 10.4 Å². The molecule has 0 aliphatic rings. The van der Waals surface area contributed by atoms with Crippen LogP contribution in [0.3, 0.4) is 0 Å². The molecule has 0 aromatic heterocycles. The van der Waals surface area contributed by atoms with E-state index < -0.39 is 22.8 Å². The molecule has 1 atom stereocenters. The lowest BCUT2D eigenvalue weighted by Gasteiger charge is -2.20. The minimum atomic E-state index is -0.992. The van der Waals surface area contributed by atoms with Crippen molar-refractivity contribution in [2.75, 3.05) is 0 Å². The van der Waals surface area contributed by atoms with Crippen molar-refractivity contribution in [3.05, 3.63) is 39.4 Å². The molecule has 0 aliphatic carbocycles. The Labute approximate surface area is 122 Å². The molecule has 0 aliphatic heterocycles. The molecule has 1 amide bonds. The van der Waals surface area contributed by atoms with E-state index in [1.165, 1.54) is 18.2 Å². The number of hydrogen-bond donors (Lipinski definition) is 2. The van der Waals surface area contributed by atoms with Crippen LogP contribution in [0.4, 0.5) is 5.69 Å². The van der Waals surface area contributed by atoms with Gasteiger partial charge in [0.2, 0.25) is 0 Å². The number of rotatable bonds is 6. The van der Waals surface area contributed by atoms with E-state index in [1.54, 1.807) is 6.92 Å². The fraction of sp³-hybridized carbons (Fsp3) is 0.429. The smallest absolute Gasteiger partial charge is 0.305 e. The Morgan fingerprint density at radius 1 is 1.38 bits per heavy atom. The second-order valence-electron chi connectivity index (χ2n) is 5.18. The Balaban J connectivity index is 2.90. The number of nitrogens with zero attached hydrogens (tertiary/aromatic N) is 1. The number of carbonyl (C=O) groups is 2. The number of carboxylic acid groups (broad SMARTS) is 1. The van der Waals surface area contributed by atoms with Gasteiger partial charge in [0.15, 0.2) is 0 Å². The first-order valence-corrected chi connectivity index (χ1v) is 6.50. The first kappa shape index (κ1) is 16.6. The minimum absolute atomic E-state index is 0.0378. The van der Waals surface area contributed by atoms with Crippen LogP contribution in [0.5, 0.6) is 0 Å². The van der Waals surface area contributed by atoms with Gasteiger partial charge >= 0.3 is 5.97 Å². The number of aliphatic carboxylic acids is 1. The van der Waals surface area contributed by atoms with E-state index >= 15 is 0 Å². The van der Waals surface area contributed by atoms with Gasteiger partial charge in [0.05, 0.1) is 11.3 Å². The topological polar surface area (TPSA) is 110 Å². The number of nitrogens with one attached hydrogen (secondary N) is 1. The number of nitro benzene ring substituents is 1. The molecule has 21 heavy (non-hydrogen) atoms. The lowest BCUT2D eigenvalue weighted by atomic mass is 10.00. The average molecular weight is 294 g/mol. The summed E-state index contributed by atoms with van der Waals surface area (Å²) >= 11 is 0. The van der Waals surface area contributed by atoms with Crippen LogP contribution in [-0.2, 0) is 4.79 Å². The van der Waals surface area contributed by atoms with E-state index in [4.69, 9.17) is 5.11 Å². The van der Waals surface area contributed by atoms with Crippen molar-refractivity contribution in [3.8, 4) is 0 Å². The molecular weight excluding hydrogens is 276 g/mol. The summed E-state index contributed by atoms with van der Waals surface area (Å²) in [6, 6.07) is 3.56. The highest BCUT2D eigenvalue weighted by Crippen LogP contribution is 2.19. The minimum Gasteiger partial charge on any atom is -0.481 e. The maximum absolute atomic E-state index is 12.1. The first-order chi connectivity index (χ1) is 9.72. The Kier molecular flexibility index (Phi) is 5.40.